The number of esters is 1. The highest BCUT2D eigenvalue weighted by molar-refractivity contribution is 5.84. The summed E-state index contributed by atoms with van der Waals surface area (Å²) in [6.07, 6.45) is 2.51. The Balaban J connectivity index is 2.51. The lowest BCUT2D eigenvalue weighted by Gasteiger charge is -2.14. The number of aliphatic hydroxyl groups excluding tert-OH is 1. The van der Waals surface area contributed by atoms with Gasteiger partial charge in [0.25, 0.3) is 0 Å². The van der Waals surface area contributed by atoms with E-state index in [1.165, 1.54) is 7.11 Å². The summed E-state index contributed by atoms with van der Waals surface area (Å²) in [4.78, 5) is 22.8. The molecule has 94 valence electrons. The summed E-state index contributed by atoms with van der Waals surface area (Å²) in [5, 5.41) is 8.58. The minimum absolute atomic E-state index is 0.0389. The van der Waals surface area contributed by atoms with Crippen molar-refractivity contribution in [3.8, 4) is 11.8 Å². The minimum Gasteiger partial charge on any atom is -0.469 e. The summed E-state index contributed by atoms with van der Waals surface area (Å²) in [7, 11) is 1.36. The molecule has 0 aromatic rings. The Kier molecular flexibility index (Phi) is 5.71. The molecule has 1 fully saturated rings. The summed E-state index contributed by atoms with van der Waals surface area (Å²) in [6.45, 7) is 0.0389. The first kappa shape index (κ1) is 13.7. The zero-order valence-electron chi connectivity index (χ0n) is 10.1. The van der Waals surface area contributed by atoms with Gasteiger partial charge in [-0.25, -0.2) is 0 Å². The third-order valence-electron chi connectivity index (χ3n) is 3.08. The molecular weight excluding hydrogens is 220 g/mol. The maximum atomic E-state index is 11.6. The molecule has 0 aromatic heterocycles. The van der Waals surface area contributed by atoms with E-state index in [1.54, 1.807) is 0 Å². The topological polar surface area (TPSA) is 63.6 Å². The second-order valence-corrected chi connectivity index (χ2v) is 4.18. The van der Waals surface area contributed by atoms with Crippen LogP contribution in [0.15, 0.2) is 0 Å². The maximum absolute atomic E-state index is 11.6. The van der Waals surface area contributed by atoms with Crippen LogP contribution >= 0.6 is 0 Å². The molecule has 1 rings (SSSR count). The van der Waals surface area contributed by atoms with Crippen molar-refractivity contribution in [2.75, 3.05) is 13.7 Å². The van der Waals surface area contributed by atoms with Crippen molar-refractivity contribution in [1.29, 1.82) is 0 Å². The van der Waals surface area contributed by atoms with E-state index in [1.807, 2.05) is 0 Å². The summed E-state index contributed by atoms with van der Waals surface area (Å²) in [5.74, 6) is 5.55. The van der Waals surface area contributed by atoms with Gasteiger partial charge in [-0.05, 0) is 12.3 Å². The molecule has 2 atom stereocenters. The van der Waals surface area contributed by atoms with Crippen molar-refractivity contribution in [3.63, 3.8) is 0 Å². The lowest BCUT2D eigenvalue weighted by molar-refractivity contribution is -0.142. The van der Waals surface area contributed by atoms with Crippen molar-refractivity contribution in [1.82, 2.24) is 0 Å². The monoisotopic (exact) mass is 238 g/mol. The predicted octanol–water partition coefficient (Wildman–Crippen LogP) is 0.921. The molecule has 4 nitrogen and oxygen atoms in total. The zero-order valence-corrected chi connectivity index (χ0v) is 10.1. The molecule has 0 saturated heterocycles. The number of rotatable bonds is 4. The van der Waals surface area contributed by atoms with Crippen LogP contribution in [0, 0.1) is 23.7 Å². The summed E-state index contributed by atoms with van der Waals surface area (Å²) >= 11 is 0. The molecule has 0 bridgehead atoms. The molecular formula is C13H18O4. The fraction of sp³-hybridized carbons (Fsp3) is 0.692. The molecule has 0 heterocycles. The van der Waals surface area contributed by atoms with E-state index < -0.39 is 0 Å². The Bertz CT molecular complexity index is 337. The van der Waals surface area contributed by atoms with E-state index >= 15 is 0 Å². The van der Waals surface area contributed by atoms with Crippen LogP contribution in [0.2, 0.25) is 0 Å². The molecule has 4 heteroatoms. The van der Waals surface area contributed by atoms with Crippen LogP contribution in [0.5, 0.6) is 0 Å². The Morgan fingerprint density at radius 2 is 2.29 bits per heavy atom. The van der Waals surface area contributed by atoms with Crippen LogP contribution in [0.3, 0.4) is 0 Å². The van der Waals surface area contributed by atoms with E-state index in [9.17, 15) is 9.59 Å². The predicted molar refractivity (Wildman–Crippen MR) is 61.9 cm³/mol. The number of hydrogen-bond donors (Lipinski definition) is 1. The van der Waals surface area contributed by atoms with Gasteiger partial charge in [-0.1, -0.05) is 0 Å². The Hall–Kier alpha value is -1.34. The van der Waals surface area contributed by atoms with Crippen LogP contribution in [-0.2, 0) is 14.3 Å². The number of ether oxygens (including phenoxy) is 1. The van der Waals surface area contributed by atoms with Gasteiger partial charge in [0, 0.05) is 31.6 Å². The Morgan fingerprint density at radius 3 is 2.94 bits per heavy atom. The van der Waals surface area contributed by atoms with Crippen LogP contribution in [0.4, 0.5) is 0 Å². The highest BCUT2D eigenvalue weighted by atomic mass is 16.5. The second kappa shape index (κ2) is 7.08. The number of aliphatic hydroxyl groups is 1. The summed E-state index contributed by atoms with van der Waals surface area (Å²) < 4.78 is 4.62. The molecule has 0 amide bonds. The number of Topliss-reactive ketones (excluding diaryl/α,β-unsaturated/α-hetero) is 1. The molecule has 2 unspecified atom stereocenters. The van der Waals surface area contributed by atoms with E-state index in [-0.39, 0.29) is 30.2 Å². The zero-order chi connectivity index (χ0) is 12.7. The number of methoxy groups -OCH3 is 1. The molecule has 0 aliphatic heterocycles. The van der Waals surface area contributed by atoms with Crippen molar-refractivity contribution < 1.29 is 19.4 Å². The molecule has 17 heavy (non-hydrogen) atoms. The molecule has 1 aliphatic carbocycles. The molecule has 1 aliphatic rings. The Labute approximate surface area is 101 Å². The van der Waals surface area contributed by atoms with Crippen molar-refractivity contribution in [3.05, 3.63) is 0 Å². The minimum atomic E-state index is -0.266. The largest absolute Gasteiger partial charge is 0.469 e. The van der Waals surface area contributed by atoms with Gasteiger partial charge in [0.15, 0.2) is 0 Å². The lowest BCUT2D eigenvalue weighted by atomic mass is 9.90. The quantitative estimate of drug-likeness (QED) is 0.584. The first-order valence-corrected chi connectivity index (χ1v) is 5.85. The number of carbonyl (C=O) groups excluding carboxylic acids is 2. The fourth-order valence-electron chi connectivity index (χ4n) is 2.13. The molecule has 0 spiro atoms. The summed E-state index contributed by atoms with van der Waals surface area (Å²) in [6, 6.07) is 0. The SMILES string of the molecule is COC(=O)CC1CCC(=O)C1CC#CCCO. The van der Waals surface area contributed by atoms with E-state index in [4.69, 9.17) is 5.11 Å². The standard InChI is InChI=1S/C13H18O4/c1-17-13(16)9-10-6-7-12(15)11(10)5-3-2-4-8-14/h10-11,14H,4-9H2,1H3. The molecule has 0 radical (unpaired) electrons. The normalized spacial score (nSPS) is 23.1. The molecule has 0 aromatic carbocycles. The average Bonchev–Trinajstić information content (AvgIpc) is 2.66. The number of hydrogen-bond acceptors (Lipinski definition) is 4. The van der Waals surface area contributed by atoms with Gasteiger partial charge in [0.05, 0.1) is 13.7 Å². The Morgan fingerprint density at radius 1 is 1.53 bits per heavy atom. The van der Waals surface area contributed by atoms with Crippen LogP contribution < -0.4 is 0 Å². The van der Waals surface area contributed by atoms with Gasteiger partial charge in [0.2, 0.25) is 0 Å². The molecule has 1 saturated carbocycles. The van der Waals surface area contributed by atoms with E-state index in [2.05, 4.69) is 16.6 Å². The van der Waals surface area contributed by atoms with Crippen molar-refractivity contribution in [2.24, 2.45) is 11.8 Å². The van der Waals surface area contributed by atoms with E-state index in [0.717, 1.165) is 6.42 Å². The van der Waals surface area contributed by atoms with Gasteiger partial charge >= 0.3 is 5.97 Å². The maximum Gasteiger partial charge on any atom is 0.305 e. The fourth-order valence-corrected chi connectivity index (χ4v) is 2.13. The third kappa shape index (κ3) is 4.20. The number of ketones is 1. The first-order chi connectivity index (χ1) is 8.19. The van der Waals surface area contributed by atoms with Gasteiger partial charge in [0.1, 0.15) is 5.78 Å². The van der Waals surface area contributed by atoms with Gasteiger partial charge in [-0.15, -0.1) is 11.8 Å². The van der Waals surface area contributed by atoms with Gasteiger partial charge in [-0.3, -0.25) is 9.59 Å². The molecule has 1 N–H and O–H groups in total. The average molecular weight is 238 g/mol. The lowest BCUT2D eigenvalue weighted by Crippen LogP contribution is -2.18. The smallest absolute Gasteiger partial charge is 0.305 e. The van der Waals surface area contributed by atoms with Crippen molar-refractivity contribution >= 4 is 11.8 Å². The highest BCUT2D eigenvalue weighted by Gasteiger charge is 2.35. The summed E-state index contributed by atoms with van der Waals surface area (Å²) in [5.41, 5.74) is 0. The van der Waals surface area contributed by atoms with Crippen LogP contribution in [0.25, 0.3) is 0 Å². The van der Waals surface area contributed by atoms with Crippen molar-refractivity contribution in [2.45, 2.75) is 32.1 Å². The van der Waals surface area contributed by atoms with E-state index in [0.29, 0.717) is 25.7 Å². The second-order valence-electron chi connectivity index (χ2n) is 4.18. The van der Waals surface area contributed by atoms with Crippen LogP contribution in [0.1, 0.15) is 32.1 Å². The third-order valence-corrected chi connectivity index (χ3v) is 3.08. The van der Waals surface area contributed by atoms with Gasteiger partial charge in [-0.2, -0.15) is 0 Å². The first-order valence-electron chi connectivity index (χ1n) is 5.85. The van der Waals surface area contributed by atoms with Crippen LogP contribution in [-0.4, -0.2) is 30.6 Å². The highest BCUT2D eigenvalue weighted by Crippen LogP contribution is 2.33. The number of carbonyl (C=O) groups is 2. The van der Waals surface area contributed by atoms with Gasteiger partial charge < -0.3 is 9.84 Å².